The van der Waals surface area contributed by atoms with Crippen LogP contribution in [0.4, 0.5) is 10.2 Å². The van der Waals surface area contributed by atoms with Gasteiger partial charge in [0, 0.05) is 49.3 Å². The zero-order valence-electron chi connectivity index (χ0n) is 21.3. The zero-order valence-corrected chi connectivity index (χ0v) is 22.9. The zero-order chi connectivity index (χ0) is 26.0. The summed E-state index contributed by atoms with van der Waals surface area (Å²) in [6.07, 6.45) is 8.61. The van der Waals surface area contributed by atoms with Crippen molar-refractivity contribution in [3.63, 3.8) is 0 Å². The molecule has 4 heterocycles. The summed E-state index contributed by atoms with van der Waals surface area (Å²) in [5.74, 6) is 0.920. The van der Waals surface area contributed by atoms with Crippen LogP contribution in [0.3, 0.4) is 0 Å². The first-order chi connectivity index (χ1) is 17.7. The second kappa shape index (κ2) is 11.1. The molecule has 37 heavy (non-hydrogen) atoms. The van der Waals surface area contributed by atoms with Crippen LogP contribution in [0.1, 0.15) is 51.1 Å². The average Bonchev–Trinajstić information content (AvgIpc) is 2.85. The van der Waals surface area contributed by atoms with Crippen LogP contribution in [0.2, 0.25) is 5.02 Å². The topological polar surface area (TPSA) is 93.2 Å². The highest BCUT2D eigenvalue weighted by atomic mass is 35.5. The van der Waals surface area contributed by atoms with E-state index in [-0.39, 0.29) is 34.6 Å². The normalized spacial score (nSPS) is 25.4. The van der Waals surface area contributed by atoms with Gasteiger partial charge in [-0.15, -0.1) is 0 Å². The molecule has 3 fully saturated rings. The highest BCUT2D eigenvalue weighted by Crippen LogP contribution is 2.33. The molecule has 0 radical (unpaired) electrons. The van der Waals surface area contributed by atoms with Crippen LogP contribution in [0.25, 0.3) is 11.3 Å². The van der Waals surface area contributed by atoms with Gasteiger partial charge in [-0.05, 0) is 74.5 Å². The molecule has 202 valence electrons. The minimum Gasteiger partial charge on any atom is -0.381 e. The molecule has 2 saturated heterocycles. The number of nitrogens with one attached hydrogen (secondary N) is 2. The van der Waals surface area contributed by atoms with Crippen LogP contribution >= 0.6 is 11.6 Å². The number of rotatable bonds is 8. The molecule has 2 aliphatic heterocycles. The molecular formula is C27H36ClFN4O3S. The van der Waals surface area contributed by atoms with Crippen LogP contribution in [-0.4, -0.2) is 61.7 Å². The van der Waals surface area contributed by atoms with Gasteiger partial charge in [-0.3, -0.25) is 4.98 Å². The largest absolute Gasteiger partial charge is 0.381 e. The summed E-state index contributed by atoms with van der Waals surface area (Å²) >= 11 is 6.51. The predicted molar refractivity (Wildman–Crippen MR) is 144 cm³/mol. The van der Waals surface area contributed by atoms with E-state index in [2.05, 4.69) is 27.5 Å². The van der Waals surface area contributed by atoms with Gasteiger partial charge in [0.15, 0.2) is 21.5 Å². The van der Waals surface area contributed by atoms with Gasteiger partial charge in [-0.25, -0.2) is 17.8 Å². The third-order valence-corrected chi connectivity index (χ3v) is 10.3. The lowest BCUT2D eigenvalue weighted by atomic mass is 9.82. The maximum absolute atomic E-state index is 14.6. The van der Waals surface area contributed by atoms with Gasteiger partial charge in [0.25, 0.3) is 0 Å². The van der Waals surface area contributed by atoms with Crippen LogP contribution in [0, 0.1) is 17.2 Å². The summed E-state index contributed by atoms with van der Waals surface area (Å²) in [4.78, 5) is 9.15. The summed E-state index contributed by atoms with van der Waals surface area (Å²) < 4.78 is 42.9. The fourth-order valence-electron chi connectivity index (χ4n) is 5.67. The first-order valence-electron chi connectivity index (χ1n) is 13.3. The molecule has 0 spiro atoms. The highest BCUT2D eigenvalue weighted by Gasteiger charge is 2.35. The fourth-order valence-corrected chi connectivity index (χ4v) is 7.19. The summed E-state index contributed by atoms with van der Waals surface area (Å²) in [5.41, 5.74) is 2.39. The van der Waals surface area contributed by atoms with Crippen molar-refractivity contribution in [1.29, 1.82) is 0 Å². The number of aromatic nitrogens is 2. The molecule has 0 aromatic carbocycles. The Hall–Kier alpha value is -1.81. The third kappa shape index (κ3) is 6.80. The second-order valence-electron chi connectivity index (χ2n) is 11.3. The molecule has 5 rings (SSSR count). The van der Waals surface area contributed by atoms with E-state index < -0.39 is 9.84 Å². The van der Waals surface area contributed by atoms with Gasteiger partial charge in [0.2, 0.25) is 0 Å². The van der Waals surface area contributed by atoms with Crippen LogP contribution in [0.15, 0.2) is 24.4 Å². The van der Waals surface area contributed by atoms with E-state index in [1.807, 2.05) is 6.07 Å². The van der Waals surface area contributed by atoms with Crippen molar-refractivity contribution in [1.82, 2.24) is 15.3 Å². The molecule has 0 atom stereocenters. The number of halogens is 2. The SMILES string of the molecule is CC1(CNc2nc(-c3cc(CC4CCC(NC5CS(=O)(=O)C5)CC4)ncc3Cl)ccc2F)CCOCC1. The molecule has 3 aliphatic rings. The van der Waals surface area contributed by atoms with E-state index in [1.165, 1.54) is 6.07 Å². The second-order valence-corrected chi connectivity index (χ2v) is 13.9. The maximum atomic E-state index is 14.6. The van der Waals surface area contributed by atoms with Crippen molar-refractivity contribution < 1.29 is 17.5 Å². The van der Waals surface area contributed by atoms with E-state index in [0.717, 1.165) is 69.4 Å². The van der Waals surface area contributed by atoms with E-state index in [9.17, 15) is 12.8 Å². The molecule has 7 nitrogen and oxygen atoms in total. The van der Waals surface area contributed by atoms with E-state index in [1.54, 1.807) is 12.3 Å². The summed E-state index contributed by atoms with van der Waals surface area (Å²) in [7, 11) is -2.80. The Kier molecular flexibility index (Phi) is 8.05. The fraction of sp³-hybridized carbons (Fsp3) is 0.630. The molecule has 1 aliphatic carbocycles. The van der Waals surface area contributed by atoms with Gasteiger partial charge in [-0.2, -0.15) is 0 Å². The number of sulfone groups is 1. The highest BCUT2D eigenvalue weighted by molar-refractivity contribution is 7.92. The Morgan fingerprint density at radius 3 is 2.57 bits per heavy atom. The molecular weight excluding hydrogens is 515 g/mol. The molecule has 2 N–H and O–H groups in total. The van der Waals surface area contributed by atoms with Crippen LogP contribution < -0.4 is 10.6 Å². The number of pyridine rings is 2. The number of hydrogen-bond acceptors (Lipinski definition) is 7. The number of anilines is 1. The Labute approximate surface area is 223 Å². The monoisotopic (exact) mass is 550 g/mol. The van der Waals surface area contributed by atoms with Gasteiger partial charge >= 0.3 is 0 Å². The first kappa shape index (κ1) is 26.8. The van der Waals surface area contributed by atoms with Gasteiger partial charge in [0.05, 0.1) is 22.2 Å². The van der Waals surface area contributed by atoms with Crippen molar-refractivity contribution in [2.75, 3.05) is 36.6 Å². The average molecular weight is 551 g/mol. The standard InChI is InChI=1S/C27H36ClFN4O3S/c1-27(8-10-36-11-9-27)17-31-26-24(29)6-7-25(33-26)22-13-20(30-14-23(22)28)12-18-2-4-19(5-3-18)32-21-15-37(34,35)16-21/h6-7,13-14,18-19,21,32H,2-5,8-12,15-17H2,1H3,(H,31,33). The van der Waals surface area contributed by atoms with Crippen LogP contribution in [-0.2, 0) is 21.0 Å². The van der Waals surface area contributed by atoms with Crippen molar-refractivity contribution in [3.05, 3.63) is 40.9 Å². The quantitative estimate of drug-likeness (QED) is 0.494. The predicted octanol–water partition coefficient (Wildman–Crippen LogP) is 4.65. The van der Waals surface area contributed by atoms with Crippen molar-refractivity contribution >= 4 is 27.3 Å². The Balaban J connectivity index is 1.20. The van der Waals surface area contributed by atoms with Gasteiger partial charge in [0.1, 0.15) is 0 Å². The molecule has 0 bridgehead atoms. The van der Waals surface area contributed by atoms with Crippen molar-refractivity contribution in [2.24, 2.45) is 11.3 Å². The van der Waals surface area contributed by atoms with E-state index in [4.69, 9.17) is 16.3 Å². The minimum absolute atomic E-state index is 0.0496. The Bertz CT molecular complexity index is 1200. The lowest BCUT2D eigenvalue weighted by Crippen LogP contribution is -2.54. The molecule has 0 unspecified atom stereocenters. The minimum atomic E-state index is -2.80. The smallest absolute Gasteiger partial charge is 0.165 e. The Morgan fingerprint density at radius 1 is 1.14 bits per heavy atom. The van der Waals surface area contributed by atoms with E-state index >= 15 is 0 Å². The summed E-state index contributed by atoms with van der Waals surface area (Å²) in [5, 5.41) is 7.23. The maximum Gasteiger partial charge on any atom is 0.165 e. The lowest BCUT2D eigenvalue weighted by molar-refractivity contribution is 0.0299. The first-order valence-corrected chi connectivity index (χ1v) is 15.5. The number of nitrogens with zero attached hydrogens (tertiary/aromatic N) is 2. The molecule has 10 heteroatoms. The third-order valence-electron chi connectivity index (χ3n) is 8.14. The number of hydrogen-bond donors (Lipinski definition) is 2. The number of ether oxygens (including phenoxy) is 1. The van der Waals surface area contributed by atoms with Crippen molar-refractivity contribution in [3.8, 4) is 11.3 Å². The van der Waals surface area contributed by atoms with Crippen molar-refractivity contribution in [2.45, 2.75) is 64.0 Å². The molecule has 1 saturated carbocycles. The molecule has 2 aromatic heterocycles. The van der Waals surface area contributed by atoms with Gasteiger partial charge < -0.3 is 15.4 Å². The van der Waals surface area contributed by atoms with Crippen LogP contribution in [0.5, 0.6) is 0 Å². The van der Waals surface area contributed by atoms with E-state index in [0.29, 0.717) is 29.2 Å². The van der Waals surface area contributed by atoms with Gasteiger partial charge in [-0.1, -0.05) is 18.5 Å². The summed E-state index contributed by atoms with van der Waals surface area (Å²) in [6, 6.07) is 5.60. The lowest BCUT2D eigenvalue weighted by Gasteiger charge is -2.35. The Morgan fingerprint density at radius 2 is 1.86 bits per heavy atom. The summed E-state index contributed by atoms with van der Waals surface area (Å²) in [6.45, 7) is 4.28. The molecule has 0 amide bonds. The molecule has 2 aromatic rings.